The number of rotatable bonds is 3. The van der Waals surface area contributed by atoms with Crippen molar-refractivity contribution in [3.05, 3.63) is 52.6 Å². The van der Waals surface area contributed by atoms with Crippen molar-refractivity contribution in [2.45, 2.75) is 67.9 Å². The van der Waals surface area contributed by atoms with Crippen LogP contribution in [-0.2, 0) is 19.4 Å². The molecule has 0 atom stereocenters. The lowest BCUT2D eigenvalue weighted by atomic mass is 9.90. The molecule has 0 spiro atoms. The van der Waals surface area contributed by atoms with Crippen molar-refractivity contribution in [1.29, 1.82) is 0 Å². The molecule has 0 bridgehead atoms. The molecule has 0 radical (unpaired) electrons. The molecule has 1 aliphatic heterocycles. The Morgan fingerprint density at radius 2 is 1.64 bits per heavy atom. The molecule has 0 unspecified atom stereocenters. The molecule has 0 aliphatic carbocycles. The van der Waals surface area contributed by atoms with Gasteiger partial charge in [0, 0.05) is 11.1 Å². The molecule has 1 heterocycles. The highest BCUT2D eigenvalue weighted by atomic mass is 16.5. The van der Waals surface area contributed by atoms with Gasteiger partial charge in [-0.15, -0.1) is 0 Å². The first-order valence-corrected chi connectivity index (χ1v) is 9.56. The summed E-state index contributed by atoms with van der Waals surface area (Å²) in [6, 6.07) is 10.6. The Balaban J connectivity index is 0.000000730. The third-order valence-electron chi connectivity index (χ3n) is 4.22. The Morgan fingerprint density at radius 3 is 2.20 bits per heavy atom. The summed E-state index contributed by atoms with van der Waals surface area (Å²) < 4.78 is 5.89. The minimum atomic E-state index is 0.102. The maximum atomic E-state index is 11.8. The van der Waals surface area contributed by atoms with Crippen LogP contribution in [0.15, 0.2) is 30.3 Å². The van der Waals surface area contributed by atoms with E-state index >= 15 is 0 Å². The van der Waals surface area contributed by atoms with Crippen molar-refractivity contribution in [2.24, 2.45) is 0 Å². The molecule has 2 nitrogen and oxygen atoms in total. The Hall–Kier alpha value is -2.09. The highest BCUT2D eigenvalue weighted by Crippen LogP contribution is 2.40. The second-order valence-electron chi connectivity index (χ2n) is 5.55. The van der Waals surface area contributed by atoms with Crippen LogP contribution in [0, 0.1) is 0 Å². The van der Waals surface area contributed by atoms with Gasteiger partial charge in [-0.1, -0.05) is 59.7 Å². The number of carbonyl (C=O) groups excluding carboxylic acids is 1. The molecule has 136 valence electrons. The van der Waals surface area contributed by atoms with Gasteiger partial charge in [0.15, 0.2) is 5.78 Å². The molecule has 1 aliphatic rings. The largest absolute Gasteiger partial charge is 0.488 e. The van der Waals surface area contributed by atoms with Crippen molar-refractivity contribution in [1.82, 2.24) is 0 Å². The fourth-order valence-electron chi connectivity index (χ4n) is 2.98. The first-order valence-electron chi connectivity index (χ1n) is 9.56. The van der Waals surface area contributed by atoms with Crippen LogP contribution < -0.4 is 4.74 Å². The summed E-state index contributed by atoms with van der Waals surface area (Å²) in [4.78, 5) is 11.8. The zero-order valence-electron chi connectivity index (χ0n) is 16.8. The van der Waals surface area contributed by atoms with Crippen LogP contribution in [0.25, 0.3) is 11.1 Å². The van der Waals surface area contributed by atoms with Crippen molar-refractivity contribution < 1.29 is 9.53 Å². The van der Waals surface area contributed by atoms with Crippen LogP contribution in [0.3, 0.4) is 0 Å². The van der Waals surface area contributed by atoms with E-state index in [9.17, 15) is 4.79 Å². The SMILES string of the molecule is CC.CC.CCc1ccc2c(c1)COc1cc(C(C)=O)c(CC)cc1-2. The van der Waals surface area contributed by atoms with E-state index in [0.717, 1.165) is 35.3 Å². The van der Waals surface area contributed by atoms with Crippen LogP contribution in [-0.4, -0.2) is 5.78 Å². The molecule has 0 aromatic heterocycles. The average Bonchev–Trinajstić information content (AvgIpc) is 2.69. The van der Waals surface area contributed by atoms with Crippen LogP contribution in [0.1, 0.15) is 75.5 Å². The second-order valence-corrected chi connectivity index (χ2v) is 5.55. The molecule has 25 heavy (non-hydrogen) atoms. The summed E-state index contributed by atoms with van der Waals surface area (Å²) in [5, 5.41) is 0. The average molecular weight is 341 g/mol. The molecule has 0 fully saturated rings. The lowest BCUT2D eigenvalue weighted by Crippen LogP contribution is -2.09. The minimum Gasteiger partial charge on any atom is -0.488 e. The topological polar surface area (TPSA) is 26.3 Å². The lowest BCUT2D eigenvalue weighted by Gasteiger charge is -2.23. The summed E-state index contributed by atoms with van der Waals surface area (Å²) in [7, 11) is 0. The predicted octanol–water partition coefficient (Wildman–Crippen LogP) is 6.63. The molecular formula is C23H32O2. The third kappa shape index (κ3) is 4.50. The van der Waals surface area contributed by atoms with Gasteiger partial charge in [0.05, 0.1) is 0 Å². The van der Waals surface area contributed by atoms with Crippen LogP contribution in [0.4, 0.5) is 0 Å². The van der Waals surface area contributed by atoms with E-state index in [4.69, 9.17) is 4.74 Å². The molecule has 2 aromatic rings. The standard InChI is InChI=1S/C19H20O2.2C2H6/c1-4-13-6-7-16-15(8-13)11-21-19-10-17(12(3)20)14(5-2)9-18(16)19;2*1-2/h6-10H,4-5,11H2,1-3H3;2*1-2H3. The summed E-state index contributed by atoms with van der Waals surface area (Å²) in [6.07, 6.45) is 1.88. The number of fused-ring (bicyclic) bond motifs is 3. The zero-order chi connectivity index (χ0) is 19.0. The Labute approximate surface area is 153 Å². The smallest absolute Gasteiger partial charge is 0.160 e. The number of ether oxygens (including phenoxy) is 1. The first-order chi connectivity index (χ1) is 12.1. The normalized spacial score (nSPS) is 10.8. The lowest BCUT2D eigenvalue weighted by molar-refractivity contribution is 0.101. The summed E-state index contributed by atoms with van der Waals surface area (Å²) in [6.45, 7) is 14.4. The van der Waals surface area contributed by atoms with Crippen LogP contribution in [0.5, 0.6) is 5.75 Å². The first kappa shape index (κ1) is 21.0. The van der Waals surface area contributed by atoms with Gasteiger partial charge in [0.1, 0.15) is 12.4 Å². The van der Waals surface area contributed by atoms with Crippen molar-refractivity contribution >= 4 is 5.78 Å². The van der Waals surface area contributed by atoms with E-state index < -0.39 is 0 Å². The molecule has 2 heteroatoms. The molecule has 0 saturated heterocycles. The highest BCUT2D eigenvalue weighted by Gasteiger charge is 2.20. The Bertz CT molecular complexity index is 714. The molecule has 2 aromatic carbocycles. The number of carbonyl (C=O) groups is 1. The third-order valence-corrected chi connectivity index (χ3v) is 4.22. The molecular weight excluding hydrogens is 308 g/mol. The Morgan fingerprint density at radius 1 is 0.960 bits per heavy atom. The van der Waals surface area contributed by atoms with E-state index in [2.05, 4.69) is 38.1 Å². The maximum Gasteiger partial charge on any atom is 0.160 e. The quantitative estimate of drug-likeness (QED) is 0.586. The number of hydrogen-bond acceptors (Lipinski definition) is 2. The second kappa shape index (κ2) is 10.0. The van der Waals surface area contributed by atoms with Crippen LogP contribution >= 0.6 is 0 Å². The summed E-state index contributed by atoms with van der Waals surface area (Å²) in [5.41, 5.74) is 6.79. The number of Topliss-reactive ketones (excluding diaryl/α,β-unsaturated/α-hetero) is 1. The van der Waals surface area contributed by atoms with E-state index in [1.807, 2.05) is 33.8 Å². The molecule has 0 amide bonds. The zero-order valence-corrected chi connectivity index (χ0v) is 16.8. The number of aryl methyl sites for hydroxylation is 2. The van der Waals surface area contributed by atoms with Gasteiger partial charge in [0.25, 0.3) is 0 Å². The van der Waals surface area contributed by atoms with Gasteiger partial charge in [-0.05, 0) is 54.2 Å². The van der Waals surface area contributed by atoms with Crippen molar-refractivity contribution in [3.63, 3.8) is 0 Å². The number of ketones is 1. The van der Waals surface area contributed by atoms with Gasteiger partial charge in [0.2, 0.25) is 0 Å². The molecule has 0 N–H and O–H groups in total. The van der Waals surface area contributed by atoms with E-state index in [0.29, 0.717) is 6.61 Å². The Kier molecular flexibility index (Phi) is 8.40. The maximum absolute atomic E-state index is 11.8. The number of hydrogen-bond donors (Lipinski definition) is 0. The van der Waals surface area contributed by atoms with Gasteiger partial charge in [-0.3, -0.25) is 4.79 Å². The summed E-state index contributed by atoms with van der Waals surface area (Å²) >= 11 is 0. The molecule has 0 saturated carbocycles. The van der Waals surface area contributed by atoms with Gasteiger partial charge in [-0.25, -0.2) is 0 Å². The minimum absolute atomic E-state index is 0.102. The van der Waals surface area contributed by atoms with Crippen LogP contribution in [0.2, 0.25) is 0 Å². The van der Waals surface area contributed by atoms with E-state index in [1.165, 1.54) is 16.7 Å². The van der Waals surface area contributed by atoms with E-state index in [1.54, 1.807) is 6.92 Å². The van der Waals surface area contributed by atoms with Gasteiger partial charge >= 0.3 is 0 Å². The van der Waals surface area contributed by atoms with E-state index in [-0.39, 0.29) is 5.78 Å². The summed E-state index contributed by atoms with van der Waals surface area (Å²) in [5.74, 6) is 0.930. The predicted molar refractivity (Wildman–Crippen MR) is 108 cm³/mol. The van der Waals surface area contributed by atoms with Crippen molar-refractivity contribution in [2.75, 3.05) is 0 Å². The molecule has 3 rings (SSSR count). The van der Waals surface area contributed by atoms with Gasteiger partial charge < -0.3 is 4.74 Å². The fourth-order valence-corrected chi connectivity index (χ4v) is 2.98. The number of benzene rings is 2. The fraction of sp³-hybridized carbons (Fsp3) is 0.435. The monoisotopic (exact) mass is 340 g/mol. The highest BCUT2D eigenvalue weighted by molar-refractivity contribution is 5.97. The van der Waals surface area contributed by atoms with Gasteiger partial charge in [-0.2, -0.15) is 0 Å². The van der Waals surface area contributed by atoms with Crippen molar-refractivity contribution in [3.8, 4) is 16.9 Å².